The first-order chi connectivity index (χ1) is 7.18. The van der Waals surface area contributed by atoms with E-state index in [1.54, 1.807) is 0 Å². The van der Waals surface area contributed by atoms with Crippen molar-refractivity contribution in [3.63, 3.8) is 0 Å². The molecule has 0 bridgehead atoms. The van der Waals surface area contributed by atoms with Crippen LogP contribution in [0.1, 0.15) is 5.56 Å². The lowest BCUT2D eigenvalue weighted by atomic mass is 10.2. The Morgan fingerprint density at radius 2 is 2.00 bits per heavy atom. The van der Waals surface area contributed by atoms with E-state index in [2.05, 4.69) is 0 Å². The average molecular weight is 227 g/mol. The van der Waals surface area contributed by atoms with Crippen molar-refractivity contribution in [2.24, 2.45) is 0 Å². The largest absolute Gasteiger partial charge is 0.364 e. The highest BCUT2D eigenvalue weighted by molar-refractivity contribution is 7.88. The summed E-state index contributed by atoms with van der Waals surface area (Å²) in [6.45, 7) is 1.15. The van der Waals surface area contributed by atoms with Gasteiger partial charge in [-0.3, -0.25) is 0 Å². The summed E-state index contributed by atoms with van der Waals surface area (Å²) in [4.78, 5) is 0. The zero-order valence-corrected chi connectivity index (χ0v) is 9.11. The van der Waals surface area contributed by atoms with E-state index < -0.39 is 10.0 Å². The Balaban J connectivity index is 2.11. The van der Waals surface area contributed by atoms with Crippen LogP contribution in [0.2, 0.25) is 0 Å². The van der Waals surface area contributed by atoms with Crippen LogP contribution in [0.15, 0.2) is 30.3 Å². The third-order valence-corrected chi connectivity index (χ3v) is 4.08. The fourth-order valence-corrected chi connectivity index (χ4v) is 2.88. The zero-order chi connectivity index (χ0) is 10.7. The van der Waals surface area contributed by atoms with Gasteiger partial charge >= 0.3 is 0 Å². The van der Waals surface area contributed by atoms with Crippen LogP contribution in [0.5, 0.6) is 0 Å². The van der Waals surface area contributed by atoms with Gasteiger partial charge in [-0.2, -0.15) is 4.31 Å². The molecule has 1 saturated heterocycles. The van der Waals surface area contributed by atoms with Crippen molar-refractivity contribution in [3.8, 4) is 0 Å². The van der Waals surface area contributed by atoms with Crippen molar-refractivity contribution in [3.05, 3.63) is 35.9 Å². The molecule has 5 heteroatoms. The van der Waals surface area contributed by atoms with E-state index in [9.17, 15) is 8.42 Å². The first-order valence-corrected chi connectivity index (χ1v) is 6.39. The van der Waals surface area contributed by atoms with Gasteiger partial charge in [0.1, 0.15) is 6.73 Å². The quantitative estimate of drug-likeness (QED) is 0.767. The highest BCUT2D eigenvalue weighted by Gasteiger charge is 2.25. The summed E-state index contributed by atoms with van der Waals surface area (Å²) in [7, 11) is -3.20. The van der Waals surface area contributed by atoms with Crippen LogP contribution >= 0.6 is 0 Å². The van der Waals surface area contributed by atoms with Gasteiger partial charge < -0.3 is 4.74 Å². The first kappa shape index (κ1) is 10.6. The van der Waals surface area contributed by atoms with E-state index in [-0.39, 0.29) is 12.5 Å². The molecule has 0 aromatic heterocycles. The molecule has 2 rings (SSSR count). The van der Waals surface area contributed by atoms with Gasteiger partial charge in [0.15, 0.2) is 0 Å². The molecule has 1 heterocycles. The summed E-state index contributed by atoms with van der Waals surface area (Å²) in [6.07, 6.45) is 0. The van der Waals surface area contributed by atoms with Crippen molar-refractivity contribution in [2.45, 2.75) is 5.75 Å². The normalized spacial score (nSPS) is 18.1. The molecule has 0 saturated carbocycles. The van der Waals surface area contributed by atoms with Crippen molar-refractivity contribution in [1.29, 1.82) is 0 Å². The van der Waals surface area contributed by atoms with Crippen LogP contribution in [-0.4, -0.2) is 32.6 Å². The van der Waals surface area contributed by atoms with E-state index in [1.165, 1.54) is 4.31 Å². The Hall–Kier alpha value is -0.910. The number of ether oxygens (including phenoxy) is 1. The predicted molar refractivity (Wildman–Crippen MR) is 56.6 cm³/mol. The molecule has 0 spiro atoms. The second kappa shape index (κ2) is 4.30. The lowest BCUT2D eigenvalue weighted by molar-refractivity contribution is 0.172. The van der Waals surface area contributed by atoms with Crippen LogP contribution in [0, 0.1) is 0 Å². The Kier molecular flexibility index (Phi) is 3.04. The minimum absolute atomic E-state index is 0.0528. The molecule has 0 aliphatic carbocycles. The Bertz CT molecular complexity index is 410. The average Bonchev–Trinajstić information content (AvgIpc) is 2.71. The van der Waals surface area contributed by atoms with Gasteiger partial charge in [-0.05, 0) is 5.56 Å². The Labute approximate surface area is 89.5 Å². The standard InChI is InChI=1S/C10H13NO3S/c12-15(13,11-6-7-14-9-11)8-10-4-2-1-3-5-10/h1-5H,6-9H2. The fraction of sp³-hybridized carbons (Fsp3) is 0.400. The van der Waals surface area contributed by atoms with Crippen molar-refractivity contribution in [1.82, 2.24) is 4.31 Å². The number of hydrogen-bond acceptors (Lipinski definition) is 3. The number of hydrogen-bond donors (Lipinski definition) is 0. The maximum absolute atomic E-state index is 11.8. The summed E-state index contributed by atoms with van der Waals surface area (Å²) in [6, 6.07) is 9.18. The predicted octanol–water partition coefficient (Wildman–Crippen LogP) is 0.806. The number of rotatable bonds is 3. The second-order valence-corrected chi connectivity index (χ2v) is 5.42. The molecule has 1 aromatic rings. The molecule has 0 unspecified atom stereocenters. The maximum atomic E-state index is 11.8. The van der Waals surface area contributed by atoms with Crippen molar-refractivity contribution >= 4 is 10.0 Å². The smallest absolute Gasteiger partial charge is 0.220 e. The lowest BCUT2D eigenvalue weighted by Gasteiger charge is -2.13. The van der Waals surface area contributed by atoms with E-state index in [0.717, 1.165) is 5.56 Å². The molecule has 1 fully saturated rings. The number of sulfonamides is 1. The highest BCUT2D eigenvalue weighted by atomic mass is 32.2. The summed E-state index contributed by atoms with van der Waals surface area (Å²) < 4.78 is 30.1. The molecule has 0 N–H and O–H groups in total. The molecule has 82 valence electrons. The van der Waals surface area contributed by atoms with Crippen molar-refractivity contribution < 1.29 is 13.2 Å². The monoisotopic (exact) mass is 227 g/mol. The number of nitrogens with zero attached hydrogens (tertiary/aromatic N) is 1. The van der Waals surface area contributed by atoms with Crippen LogP contribution in [0.3, 0.4) is 0 Å². The molecule has 0 amide bonds. The molecule has 1 aromatic carbocycles. The highest BCUT2D eigenvalue weighted by Crippen LogP contribution is 2.13. The molecule has 0 atom stereocenters. The molecule has 15 heavy (non-hydrogen) atoms. The van der Waals surface area contributed by atoms with Crippen molar-refractivity contribution in [2.75, 3.05) is 19.9 Å². The number of benzene rings is 1. The van der Waals surface area contributed by atoms with Crippen LogP contribution in [0.4, 0.5) is 0 Å². The summed E-state index contributed by atoms with van der Waals surface area (Å²) in [5, 5.41) is 0. The van der Waals surface area contributed by atoms with Gasteiger partial charge in [0.2, 0.25) is 10.0 Å². The molecule has 1 aliphatic heterocycles. The van der Waals surface area contributed by atoms with Crippen LogP contribution in [-0.2, 0) is 20.5 Å². The minimum atomic E-state index is -3.20. The third kappa shape index (κ3) is 2.56. The third-order valence-electron chi connectivity index (χ3n) is 2.31. The molecule has 1 aliphatic rings. The summed E-state index contributed by atoms with van der Waals surface area (Å²) in [5.74, 6) is 0.0528. The molecule has 0 radical (unpaired) electrons. The summed E-state index contributed by atoms with van der Waals surface area (Å²) >= 11 is 0. The van der Waals surface area contributed by atoms with Gasteiger partial charge in [-0.15, -0.1) is 0 Å². The van der Waals surface area contributed by atoms with E-state index in [4.69, 9.17) is 4.74 Å². The second-order valence-electron chi connectivity index (χ2n) is 3.45. The Morgan fingerprint density at radius 3 is 2.60 bits per heavy atom. The maximum Gasteiger partial charge on any atom is 0.220 e. The van der Waals surface area contributed by atoms with Gasteiger partial charge in [-0.1, -0.05) is 30.3 Å². The minimum Gasteiger partial charge on any atom is -0.364 e. The molecular formula is C10H13NO3S. The summed E-state index contributed by atoms with van der Waals surface area (Å²) in [5.41, 5.74) is 0.810. The zero-order valence-electron chi connectivity index (χ0n) is 8.30. The van der Waals surface area contributed by atoms with E-state index in [0.29, 0.717) is 13.2 Å². The first-order valence-electron chi connectivity index (χ1n) is 4.78. The van der Waals surface area contributed by atoms with E-state index in [1.807, 2.05) is 30.3 Å². The fourth-order valence-electron chi connectivity index (χ4n) is 1.49. The van der Waals surface area contributed by atoms with Gasteiger partial charge in [0.25, 0.3) is 0 Å². The lowest BCUT2D eigenvalue weighted by Crippen LogP contribution is -2.29. The molecular weight excluding hydrogens is 214 g/mol. The van der Waals surface area contributed by atoms with E-state index >= 15 is 0 Å². The Morgan fingerprint density at radius 1 is 1.27 bits per heavy atom. The van der Waals surface area contributed by atoms with Gasteiger partial charge in [0, 0.05) is 6.54 Å². The van der Waals surface area contributed by atoms with Gasteiger partial charge in [0.05, 0.1) is 12.4 Å². The topological polar surface area (TPSA) is 46.6 Å². The van der Waals surface area contributed by atoms with Crippen LogP contribution < -0.4 is 0 Å². The molecule has 4 nitrogen and oxygen atoms in total. The SMILES string of the molecule is O=S(=O)(Cc1ccccc1)N1CCOC1. The van der Waals surface area contributed by atoms with Crippen LogP contribution in [0.25, 0.3) is 0 Å². The van der Waals surface area contributed by atoms with Gasteiger partial charge in [-0.25, -0.2) is 8.42 Å².